The van der Waals surface area contributed by atoms with Crippen molar-refractivity contribution in [2.45, 2.75) is 18.4 Å². The van der Waals surface area contributed by atoms with Gasteiger partial charge in [-0.1, -0.05) is 35.3 Å². The van der Waals surface area contributed by atoms with Crippen LogP contribution >= 0.6 is 23.2 Å². The Morgan fingerprint density at radius 2 is 1.88 bits per heavy atom. The second-order valence-electron chi connectivity index (χ2n) is 4.95. The Bertz CT molecular complexity index is 1090. The molecular formula is C15H12Cl2N2O4S. The largest absolute Gasteiger partial charge is 0.419 e. The van der Waals surface area contributed by atoms with Gasteiger partial charge in [0, 0.05) is 12.6 Å². The van der Waals surface area contributed by atoms with E-state index in [4.69, 9.17) is 27.6 Å². The normalized spacial score (nSPS) is 11.8. The molecule has 1 N–H and O–H groups in total. The minimum Gasteiger partial charge on any atom is -0.408 e. The number of hydrogen-bond acceptors (Lipinski definition) is 4. The smallest absolute Gasteiger partial charge is 0.408 e. The third-order valence-corrected chi connectivity index (χ3v) is 5.61. The Kier molecular flexibility index (Phi) is 4.33. The zero-order valence-corrected chi connectivity index (χ0v) is 14.7. The van der Waals surface area contributed by atoms with Gasteiger partial charge >= 0.3 is 5.76 Å². The molecule has 1 aromatic heterocycles. The Hall–Kier alpha value is -1.96. The van der Waals surface area contributed by atoms with E-state index in [0.717, 1.165) is 0 Å². The average molecular weight is 387 g/mol. The van der Waals surface area contributed by atoms with Crippen molar-refractivity contribution >= 4 is 50.0 Å². The summed E-state index contributed by atoms with van der Waals surface area (Å²) >= 11 is 12.1. The SMILES string of the molecule is CCn1c(=O)oc2cc(Cl)c(S(=O)(=O)Nc3ccccc3Cl)cc21. The van der Waals surface area contributed by atoms with E-state index < -0.39 is 15.8 Å². The van der Waals surface area contributed by atoms with Gasteiger partial charge in [-0.25, -0.2) is 13.2 Å². The molecule has 0 fully saturated rings. The molecule has 0 aliphatic rings. The first kappa shape index (κ1) is 16.9. The van der Waals surface area contributed by atoms with Gasteiger partial charge in [0.05, 0.1) is 21.2 Å². The van der Waals surface area contributed by atoms with Crippen LogP contribution < -0.4 is 10.5 Å². The van der Waals surface area contributed by atoms with Crippen molar-refractivity contribution in [2.24, 2.45) is 0 Å². The van der Waals surface area contributed by atoms with Gasteiger partial charge in [-0.05, 0) is 25.1 Å². The minimum absolute atomic E-state index is 0.0564. The number of aromatic nitrogens is 1. The maximum atomic E-state index is 12.7. The zero-order chi connectivity index (χ0) is 17.5. The van der Waals surface area contributed by atoms with Crippen molar-refractivity contribution in [3.05, 3.63) is 57.0 Å². The third-order valence-electron chi connectivity index (χ3n) is 3.45. The van der Waals surface area contributed by atoms with Crippen LogP contribution in [0.2, 0.25) is 10.0 Å². The third kappa shape index (κ3) is 2.90. The molecule has 3 rings (SSSR count). The molecule has 3 aromatic rings. The average Bonchev–Trinajstić information content (AvgIpc) is 2.82. The molecule has 0 saturated carbocycles. The van der Waals surface area contributed by atoms with Gasteiger partial charge in [0.25, 0.3) is 10.0 Å². The molecule has 0 unspecified atom stereocenters. The number of benzene rings is 2. The van der Waals surface area contributed by atoms with Crippen molar-refractivity contribution in [1.82, 2.24) is 4.57 Å². The van der Waals surface area contributed by atoms with E-state index in [0.29, 0.717) is 12.1 Å². The van der Waals surface area contributed by atoms with E-state index in [1.54, 1.807) is 25.1 Å². The second kappa shape index (κ2) is 6.16. The summed E-state index contributed by atoms with van der Waals surface area (Å²) in [5.41, 5.74) is 0.811. The molecule has 24 heavy (non-hydrogen) atoms. The van der Waals surface area contributed by atoms with Gasteiger partial charge < -0.3 is 4.42 Å². The lowest BCUT2D eigenvalue weighted by Crippen LogP contribution is -2.15. The molecule has 2 aromatic carbocycles. The van der Waals surface area contributed by atoms with Gasteiger partial charge in [-0.15, -0.1) is 0 Å². The summed E-state index contributed by atoms with van der Waals surface area (Å²) in [4.78, 5) is 11.6. The number of rotatable bonds is 4. The van der Waals surface area contributed by atoms with E-state index in [1.165, 1.54) is 22.8 Å². The quantitative estimate of drug-likeness (QED) is 0.740. The lowest BCUT2D eigenvalue weighted by molar-refractivity contribution is 0.513. The van der Waals surface area contributed by atoms with Gasteiger partial charge in [0.1, 0.15) is 4.90 Å². The summed E-state index contributed by atoms with van der Waals surface area (Å²) in [7, 11) is -4.00. The van der Waals surface area contributed by atoms with Crippen molar-refractivity contribution in [3.63, 3.8) is 0 Å². The van der Waals surface area contributed by atoms with Crippen LogP contribution in [0, 0.1) is 0 Å². The molecule has 0 bridgehead atoms. The van der Waals surface area contributed by atoms with Crippen LogP contribution in [0.1, 0.15) is 6.92 Å². The number of para-hydroxylation sites is 1. The Balaban J connectivity index is 2.15. The summed E-state index contributed by atoms with van der Waals surface area (Å²) in [5, 5.41) is 0.200. The Labute approximate surface area is 147 Å². The highest BCUT2D eigenvalue weighted by molar-refractivity contribution is 7.92. The van der Waals surface area contributed by atoms with Gasteiger partial charge in [0.15, 0.2) is 5.58 Å². The zero-order valence-electron chi connectivity index (χ0n) is 12.4. The van der Waals surface area contributed by atoms with E-state index in [-0.39, 0.29) is 26.2 Å². The van der Waals surface area contributed by atoms with Crippen LogP contribution in [0.25, 0.3) is 11.1 Å². The molecule has 0 aliphatic heterocycles. The van der Waals surface area contributed by atoms with Crippen molar-refractivity contribution in [1.29, 1.82) is 0 Å². The highest BCUT2D eigenvalue weighted by atomic mass is 35.5. The van der Waals surface area contributed by atoms with Gasteiger partial charge in [-0.3, -0.25) is 9.29 Å². The maximum Gasteiger partial charge on any atom is 0.419 e. The molecule has 1 heterocycles. The fourth-order valence-electron chi connectivity index (χ4n) is 2.31. The molecule has 6 nitrogen and oxygen atoms in total. The topological polar surface area (TPSA) is 81.3 Å². The summed E-state index contributed by atoms with van der Waals surface area (Å²) in [6.07, 6.45) is 0. The summed E-state index contributed by atoms with van der Waals surface area (Å²) in [5.74, 6) is -0.572. The molecule has 126 valence electrons. The first-order chi connectivity index (χ1) is 11.3. The standard InChI is InChI=1S/C15H12Cl2N2O4S/c1-2-19-12-8-14(10(17)7-13(12)23-15(19)20)24(21,22)18-11-6-4-3-5-9(11)16/h3-8,18H,2H2,1H3. The molecule has 0 aliphatic carbocycles. The number of oxazole rings is 1. The van der Waals surface area contributed by atoms with Crippen LogP contribution in [0.15, 0.2) is 50.5 Å². The second-order valence-corrected chi connectivity index (χ2v) is 7.41. The molecule has 0 radical (unpaired) electrons. The predicted octanol–water partition coefficient (Wildman–Crippen LogP) is 3.72. The number of anilines is 1. The molecule has 0 amide bonds. The number of fused-ring (bicyclic) bond motifs is 1. The Morgan fingerprint density at radius 1 is 1.17 bits per heavy atom. The summed E-state index contributed by atoms with van der Waals surface area (Å²) in [6, 6.07) is 9.06. The van der Waals surface area contributed by atoms with Crippen LogP contribution in [-0.2, 0) is 16.6 Å². The number of aryl methyl sites for hydroxylation is 1. The fourth-order valence-corrected chi connectivity index (χ4v) is 4.17. The van der Waals surface area contributed by atoms with E-state index in [1.807, 2.05) is 0 Å². The van der Waals surface area contributed by atoms with Crippen molar-refractivity contribution in [3.8, 4) is 0 Å². The maximum absolute atomic E-state index is 12.7. The first-order valence-electron chi connectivity index (χ1n) is 6.93. The lowest BCUT2D eigenvalue weighted by atomic mass is 10.3. The van der Waals surface area contributed by atoms with Crippen molar-refractivity contribution < 1.29 is 12.8 Å². The van der Waals surface area contributed by atoms with E-state index in [9.17, 15) is 13.2 Å². The molecule has 0 atom stereocenters. The van der Waals surface area contributed by atoms with Crippen LogP contribution in [0.4, 0.5) is 5.69 Å². The summed E-state index contributed by atoms with van der Waals surface area (Å²) < 4.78 is 34.1. The number of hydrogen-bond donors (Lipinski definition) is 1. The highest BCUT2D eigenvalue weighted by Gasteiger charge is 2.22. The molecular weight excluding hydrogens is 375 g/mol. The fraction of sp³-hybridized carbons (Fsp3) is 0.133. The monoisotopic (exact) mass is 386 g/mol. The number of halogens is 2. The molecule has 0 saturated heterocycles. The molecule has 9 heteroatoms. The number of nitrogens with zero attached hydrogens (tertiary/aromatic N) is 1. The highest BCUT2D eigenvalue weighted by Crippen LogP contribution is 2.30. The lowest BCUT2D eigenvalue weighted by Gasteiger charge is -2.11. The summed E-state index contributed by atoms with van der Waals surface area (Å²) in [6.45, 7) is 2.09. The van der Waals surface area contributed by atoms with Crippen molar-refractivity contribution in [2.75, 3.05) is 4.72 Å². The Morgan fingerprint density at radius 3 is 2.54 bits per heavy atom. The van der Waals surface area contributed by atoms with Gasteiger partial charge in [-0.2, -0.15) is 0 Å². The predicted molar refractivity (Wildman–Crippen MR) is 93.4 cm³/mol. The van der Waals surface area contributed by atoms with Crippen LogP contribution in [0.5, 0.6) is 0 Å². The van der Waals surface area contributed by atoms with Gasteiger partial charge in [0.2, 0.25) is 0 Å². The minimum atomic E-state index is -4.00. The first-order valence-corrected chi connectivity index (χ1v) is 9.17. The molecule has 0 spiro atoms. The number of nitrogens with one attached hydrogen (secondary N) is 1. The van der Waals surface area contributed by atoms with E-state index in [2.05, 4.69) is 4.72 Å². The van der Waals surface area contributed by atoms with E-state index >= 15 is 0 Å². The number of sulfonamides is 1. The van der Waals surface area contributed by atoms with Crippen LogP contribution in [-0.4, -0.2) is 13.0 Å². The van der Waals surface area contributed by atoms with Crippen LogP contribution in [0.3, 0.4) is 0 Å².